The highest BCUT2D eigenvalue weighted by atomic mass is 32.2. The smallest absolute Gasteiger partial charge is 0.258 e. The van der Waals surface area contributed by atoms with Gasteiger partial charge in [0.2, 0.25) is 10.0 Å². The zero-order chi connectivity index (χ0) is 23.8. The van der Waals surface area contributed by atoms with E-state index in [0.29, 0.717) is 55.4 Å². The van der Waals surface area contributed by atoms with Crippen LogP contribution in [-0.2, 0) is 17.1 Å². The summed E-state index contributed by atoms with van der Waals surface area (Å²) < 4.78 is 35.7. The van der Waals surface area contributed by atoms with Crippen LogP contribution in [0.15, 0.2) is 41.3 Å². The number of fused-ring (bicyclic) bond motifs is 1. The summed E-state index contributed by atoms with van der Waals surface area (Å²) in [5.74, 6) is 0.416. The summed E-state index contributed by atoms with van der Waals surface area (Å²) in [6.07, 6.45) is 0.554. The van der Waals surface area contributed by atoms with E-state index in [1.54, 1.807) is 30.5 Å². The molecule has 0 saturated carbocycles. The molecule has 3 aromatic rings. The molecular weight excluding hydrogens is 440 g/mol. The minimum atomic E-state index is -3.70. The van der Waals surface area contributed by atoms with E-state index >= 15 is 0 Å². The van der Waals surface area contributed by atoms with Crippen LogP contribution in [0.4, 0.5) is 0 Å². The first-order chi connectivity index (χ1) is 15.8. The Kier molecular flexibility index (Phi) is 6.45. The van der Waals surface area contributed by atoms with Crippen molar-refractivity contribution < 1.29 is 17.9 Å². The van der Waals surface area contributed by atoms with Gasteiger partial charge in [-0.1, -0.05) is 30.3 Å². The summed E-state index contributed by atoms with van der Waals surface area (Å²) in [6, 6.07) is 11.5. The molecule has 176 valence electrons. The van der Waals surface area contributed by atoms with Crippen LogP contribution >= 0.6 is 0 Å². The minimum Gasteiger partial charge on any atom is -0.493 e. The first kappa shape index (κ1) is 23.3. The van der Waals surface area contributed by atoms with Crippen LogP contribution in [0, 0.1) is 13.8 Å². The average molecular weight is 471 g/mol. The number of aromatic nitrogens is 2. The lowest BCUT2D eigenvalue weighted by Crippen LogP contribution is -2.37. The van der Waals surface area contributed by atoms with Crippen molar-refractivity contribution in [3.63, 3.8) is 0 Å². The van der Waals surface area contributed by atoms with Crippen LogP contribution in [0.2, 0.25) is 0 Å². The maximum atomic E-state index is 13.7. The maximum absolute atomic E-state index is 13.7. The third-order valence-corrected chi connectivity index (χ3v) is 8.34. The quantitative estimate of drug-likeness (QED) is 0.572. The standard InChI is InChI=1S/C24H30N4O4S/c1-5-32-21-12-11-19-9-6-7-10-20(19)22(21)24(29)27-13-8-14-28(16-15-27)33(30,31)23-17(2)25-26(4)18(23)3/h6-7,9-12H,5,8,13-16H2,1-4H3. The first-order valence-corrected chi connectivity index (χ1v) is 12.6. The molecule has 2 heterocycles. The van der Waals surface area contributed by atoms with E-state index in [0.717, 1.165) is 10.8 Å². The monoisotopic (exact) mass is 470 g/mol. The van der Waals surface area contributed by atoms with Crippen molar-refractivity contribution in [3.05, 3.63) is 53.3 Å². The number of hydrogen-bond donors (Lipinski definition) is 0. The summed E-state index contributed by atoms with van der Waals surface area (Å²) in [7, 11) is -1.96. The summed E-state index contributed by atoms with van der Waals surface area (Å²) >= 11 is 0. The number of amides is 1. The number of aryl methyl sites for hydroxylation is 2. The van der Waals surface area contributed by atoms with Gasteiger partial charge in [0.25, 0.3) is 5.91 Å². The second-order valence-electron chi connectivity index (χ2n) is 8.27. The Morgan fingerprint density at radius 1 is 1.06 bits per heavy atom. The van der Waals surface area contributed by atoms with Crippen molar-refractivity contribution in [2.75, 3.05) is 32.8 Å². The molecule has 4 rings (SSSR count). The molecule has 8 nitrogen and oxygen atoms in total. The highest BCUT2D eigenvalue weighted by Gasteiger charge is 2.33. The molecule has 0 bridgehead atoms. The van der Waals surface area contributed by atoms with Crippen LogP contribution in [0.25, 0.3) is 10.8 Å². The Bertz CT molecular complexity index is 1300. The maximum Gasteiger partial charge on any atom is 0.258 e. The highest BCUT2D eigenvalue weighted by Crippen LogP contribution is 2.30. The Morgan fingerprint density at radius 2 is 1.82 bits per heavy atom. The molecule has 1 aromatic heterocycles. The largest absolute Gasteiger partial charge is 0.493 e. The number of sulfonamides is 1. The summed E-state index contributed by atoms with van der Waals surface area (Å²) in [5, 5.41) is 6.07. The van der Waals surface area contributed by atoms with Crippen LogP contribution in [0.1, 0.15) is 35.1 Å². The van der Waals surface area contributed by atoms with Crippen LogP contribution in [0.3, 0.4) is 0 Å². The van der Waals surface area contributed by atoms with Gasteiger partial charge in [-0.3, -0.25) is 9.48 Å². The van der Waals surface area contributed by atoms with Crippen molar-refractivity contribution in [2.45, 2.75) is 32.1 Å². The van der Waals surface area contributed by atoms with E-state index in [1.165, 1.54) is 4.31 Å². The molecule has 1 amide bonds. The Hall–Kier alpha value is -2.91. The van der Waals surface area contributed by atoms with Crippen molar-refractivity contribution in [1.29, 1.82) is 0 Å². The number of carbonyl (C=O) groups excluding carboxylic acids is 1. The molecule has 2 aromatic carbocycles. The van der Waals surface area contributed by atoms with E-state index in [-0.39, 0.29) is 17.3 Å². The van der Waals surface area contributed by atoms with Gasteiger partial charge in [-0.2, -0.15) is 9.40 Å². The summed E-state index contributed by atoms with van der Waals surface area (Å²) in [6.45, 7) is 7.19. The fraction of sp³-hybridized carbons (Fsp3) is 0.417. The Labute approximate surface area is 194 Å². The average Bonchev–Trinajstić information content (AvgIpc) is 2.96. The molecule has 1 saturated heterocycles. The zero-order valence-corrected chi connectivity index (χ0v) is 20.4. The molecular formula is C24H30N4O4S. The van der Waals surface area contributed by atoms with Gasteiger partial charge in [-0.15, -0.1) is 0 Å². The fourth-order valence-electron chi connectivity index (χ4n) is 4.50. The minimum absolute atomic E-state index is 0.136. The lowest BCUT2D eigenvalue weighted by atomic mass is 10.0. The van der Waals surface area contributed by atoms with Gasteiger partial charge in [0.15, 0.2) is 0 Å². The number of nitrogens with zero attached hydrogens (tertiary/aromatic N) is 4. The lowest BCUT2D eigenvalue weighted by molar-refractivity contribution is 0.0762. The predicted octanol–water partition coefficient (Wildman–Crippen LogP) is 3.13. The third kappa shape index (κ3) is 4.22. The zero-order valence-electron chi connectivity index (χ0n) is 19.5. The van der Waals surface area contributed by atoms with Gasteiger partial charge in [-0.05, 0) is 44.0 Å². The molecule has 1 fully saturated rings. The van der Waals surface area contributed by atoms with Gasteiger partial charge in [0.1, 0.15) is 10.6 Å². The number of ether oxygens (including phenoxy) is 1. The topological polar surface area (TPSA) is 84.7 Å². The Balaban J connectivity index is 1.62. The highest BCUT2D eigenvalue weighted by molar-refractivity contribution is 7.89. The van der Waals surface area contributed by atoms with Gasteiger partial charge >= 0.3 is 0 Å². The lowest BCUT2D eigenvalue weighted by Gasteiger charge is -2.23. The molecule has 0 unspecified atom stereocenters. The second kappa shape index (κ2) is 9.15. The van der Waals surface area contributed by atoms with Crippen molar-refractivity contribution >= 4 is 26.7 Å². The molecule has 0 spiro atoms. The third-order valence-electron chi connectivity index (χ3n) is 6.19. The molecule has 1 aliphatic heterocycles. The number of rotatable bonds is 5. The summed E-state index contributed by atoms with van der Waals surface area (Å²) in [5.41, 5.74) is 1.64. The normalized spacial score (nSPS) is 15.6. The molecule has 0 aliphatic carbocycles. The van der Waals surface area contributed by atoms with Gasteiger partial charge in [0, 0.05) is 33.2 Å². The van der Waals surface area contributed by atoms with Crippen LogP contribution in [-0.4, -0.2) is 66.1 Å². The van der Waals surface area contributed by atoms with Crippen molar-refractivity contribution in [1.82, 2.24) is 19.0 Å². The van der Waals surface area contributed by atoms with Crippen molar-refractivity contribution in [3.8, 4) is 5.75 Å². The van der Waals surface area contributed by atoms with Gasteiger partial charge < -0.3 is 9.64 Å². The number of carbonyl (C=O) groups is 1. The molecule has 0 atom stereocenters. The predicted molar refractivity (Wildman–Crippen MR) is 127 cm³/mol. The molecule has 1 aliphatic rings. The SMILES string of the molecule is CCOc1ccc2ccccc2c1C(=O)N1CCCN(S(=O)(=O)c2c(C)nn(C)c2C)CC1. The number of hydrogen-bond acceptors (Lipinski definition) is 5. The van der Waals surface area contributed by atoms with E-state index in [2.05, 4.69) is 5.10 Å². The van der Waals surface area contributed by atoms with E-state index < -0.39 is 10.0 Å². The van der Waals surface area contributed by atoms with Gasteiger partial charge in [0.05, 0.1) is 23.6 Å². The van der Waals surface area contributed by atoms with Crippen LogP contribution in [0.5, 0.6) is 5.75 Å². The van der Waals surface area contributed by atoms with Crippen molar-refractivity contribution in [2.24, 2.45) is 7.05 Å². The fourth-order valence-corrected chi connectivity index (χ4v) is 6.37. The molecule has 9 heteroatoms. The molecule has 0 N–H and O–H groups in total. The Morgan fingerprint density at radius 3 is 2.52 bits per heavy atom. The van der Waals surface area contributed by atoms with E-state index in [4.69, 9.17) is 4.74 Å². The first-order valence-electron chi connectivity index (χ1n) is 11.2. The van der Waals surface area contributed by atoms with E-state index in [9.17, 15) is 13.2 Å². The molecule has 0 radical (unpaired) electrons. The van der Waals surface area contributed by atoms with E-state index in [1.807, 2.05) is 43.3 Å². The van der Waals surface area contributed by atoms with Crippen LogP contribution < -0.4 is 4.74 Å². The summed E-state index contributed by atoms with van der Waals surface area (Å²) in [4.78, 5) is 15.7. The van der Waals surface area contributed by atoms with Gasteiger partial charge in [-0.25, -0.2) is 8.42 Å². The molecule has 33 heavy (non-hydrogen) atoms. The number of benzene rings is 2. The second-order valence-corrected chi connectivity index (χ2v) is 10.1.